The maximum Gasteiger partial charge on any atom is 0.307 e. The Hall–Kier alpha value is -2.04. The Labute approximate surface area is 132 Å². The summed E-state index contributed by atoms with van der Waals surface area (Å²) in [5.41, 5.74) is 2.08. The Bertz CT molecular complexity index is 513. The molecule has 122 valence electrons. The number of hydrogen-bond donors (Lipinski definition) is 0. The van der Waals surface area contributed by atoms with Crippen LogP contribution in [0, 0.1) is 13.8 Å². The molecular formula is C17H25NO4. The van der Waals surface area contributed by atoms with E-state index in [4.69, 9.17) is 4.74 Å². The summed E-state index contributed by atoms with van der Waals surface area (Å²) < 4.78 is 10.2. The van der Waals surface area contributed by atoms with Crippen molar-refractivity contribution in [2.75, 3.05) is 26.8 Å². The van der Waals surface area contributed by atoms with Crippen molar-refractivity contribution in [2.24, 2.45) is 0 Å². The van der Waals surface area contributed by atoms with Gasteiger partial charge in [0.05, 0.1) is 13.5 Å². The third-order valence-corrected chi connectivity index (χ3v) is 3.35. The number of hydrogen-bond acceptors (Lipinski definition) is 4. The fourth-order valence-electron chi connectivity index (χ4n) is 2.05. The van der Waals surface area contributed by atoms with Crippen LogP contribution in [0.5, 0.6) is 5.75 Å². The third kappa shape index (κ3) is 5.76. The van der Waals surface area contributed by atoms with Crippen molar-refractivity contribution in [3.63, 3.8) is 0 Å². The van der Waals surface area contributed by atoms with Gasteiger partial charge in [-0.25, -0.2) is 0 Å². The Balaban J connectivity index is 2.59. The number of methoxy groups -OCH3 is 1. The van der Waals surface area contributed by atoms with Crippen LogP contribution >= 0.6 is 0 Å². The molecule has 0 aliphatic heterocycles. The van der Waals surface area contributed by atoms with E-state index < -0.39 is 0 Å². The van der Waals surface area contributed by atoms with E-state index in [0.717, 1.165) is 23.3 Å². The summed E-state index contributed by atoms with van der Waals surface area (Å²) in [7, 11) is 1.35. The molecule has 0 aromatic heterocycles. The van der Waals surface area contributed by atoms with Gasteiger partial charge in [0.15, 0.2) is 6.61 Å². The maximum absolute atomic E-state index is 12.3. The van der Waals surface area contributed by atoms with Crippen molar-refractivity contribution in [1.29, 1.82) is 0 Å². The first-order valence-electron chi connectivity index (χ1n) is 7.52. The molecule has 0 aliphatic rings. The second-order valence-corrected chi connectivity index (χ2v) is 5.26. The molecule has 1 rings (SSSR count). The van der Waals surface area contributed by atoms with Gasteiger partial charge in [-0.1, -0.05) is 19.1 Å². The van der Waals surface area contributed by atoms with Crippen LogP contribution in [0.25, 0.3) is 0 Å². The van der Waals surface area contributed by atoms with E-state index in [0.29, 0.717) is 13.1 Å². The van der Waals surface area contributed by atoms with Crippen molar-refractivity contribution < 1.29 is 19.1 Å². The minimum Gasteiger partial charge on any atom is -0.483 e. The van der Waals surface area contributed by atoms with Crippen molar-refractivity contribution in [3.05, 3.63) is 29.3 Å². The first-order chi connectivity index (χ1) is 10.5. The molecule has 1 aromatic rings. The average molecular weight is 307 g/mol. The highest BCUT2D eigenvalue weighted by atomic mass is 16.5. The largest absolute Gasteiger partial charge is 0.483 e. The molecule has 0 saturated heterocycles. The number of aryl methyl sites for hydroxylation is 2. The molecule has 5 nitrogen and oxygen atoms in total. The SMILES string of the molecule is CCCN(CCC(=O)OC)C(=O)COc1cc(C)ccc1C. The van der Waals surface area contributed by atoms with Gasteiger partial charge in [-0.15, -0.1) is 0 Å². The second kappa shape index (κ2) is 9.07. The van der Waals surface area contributed by atoms with Gasteiger partial charge in [-0.05, 0) is 37.5 Å². The van der Waals surface area contributed by atoms with E-state index in [1.165, 1.54) is 7.11 Å². The van der Waals surface area contributed by atoms with Crippen molar-refractivity contribution in [2.45, 2.75) is 33.6 Å². The highest BCUT2D eigenvalue weighted by Gasteiger charge is 2.15. The molecule has 0 N–H and O–H groups in total. The molecule has 22 heavy (non-hydrogen) atoms. The number of carbonyl (C=O) groups excluding carboxylic acids is 2. The molecule has 0 heterocycles. The lowest BCUT2D eigenvalue weighted by Gasteiger charge is -2.22. The van der Waals surface area contributed by atoms with Gasteiger partial charge in [-0.2, -0.15) is 0 Å². The summed E-state index contributed by atoms with van der Waals surface area (Å²) in [6, 6.07) is 5.89. The van der Waals surface area contributed by atoms with Gasteiger partial charge in [0, 0.05) is 13.1 Å². The maximum atomic E-state index is 12.3. The number of amides is 1. The van der Waals surface area contributed by atoms with Crippen LogP contribution in [0.2, 0.25) is 0 Å². The second-order valence-electron chi connectivity index (χ2n) is 5.26. The smallest absolute Gasteiger partial charge is 0.307 e. The molecule has 0 radical (unpaired) electrons. The molecule has 0 spiro atoms. The average Bonchev–Trinajstić information content (AvgIpc) is 2.51. The van der Waals surface area contributed by atoms with E-state index >= 15 is 0 Å². The molecule has 0 fully saturated rings. The molecule has 1 aromatic carbocycles. The molecule has 5 heteroatoms. The molecular weight excluding hydrogens is 282 g/mol. The van der Waals surface area contributed by atoms with Gasteiger partial charge < -0.3 is 14.4 Å². The van der Waals surface area contributed by atoms with Gasteiger partial charge in [0.1, 0.15) is 5.75 Å². The van der Waals surface area contributed by atoms with E-state index in [9.17, 15) is 9.59 Å². The lowest BCUT2D eigenvalue weighted by atomic mass is 10.1. The van der Waals surface area contributed by atoms with Gasteiger partial charge in [-0.3, -0.25) is 9.59 Å². The highest BCUT2D eigenvalue weighted by molar-refractivity contribution is 5.78. The van der Waals surface area contributed by atoms with Crippen molar-refractivity contribution in [3.8, 4) is 5.75 Å². The van der Waals surface area contributed by atoms with Gasteiger partial charge in [0.25, 0.3) is 5.91 Å². The van der Waals surface area contributed by atoms with Crippen LogP contribution in [-0.4, -0.2) is 43.6 Å². The first-order valence-corrected chi connectivity index (χ1v) is 7.52. The fraction of sp³-hybridized carbons (Fsp3) is 0.529. The van der Waals surface area contributed by atoms with Crippen LogP contribution in [0.4, 0.5) is 0 Å². The standard InChI is InChI=1S/C17H25NO4/c1-5-9-18(10-8-17(20)21-4)16(19)12-22-15-11-13(2)6-7-14(15)3/h6-7,11H,5,8-10,12H2,1-4H3. The summed E-state index contributed by atoms with van der Waals surface area (Å²) in [6.45, 7) is 6.85. The lowest BCUT2D eigenvalue weighted by Crippen LogP contribution is -2.37. The Morgan fingerprint density at radius 2 is 1.91 bits per heavy atom. The number of carbonyl (C=O) groups is 2. The molecule has 1 amide bonds. The van der Waals surface area contributed by atoms with Crippen LogP contribution < -0.4 is 4.74 Å². The highest BCUT2D eigenvalue weighted by Crippen LogP contribution is 2.19. The minimum atomic E-state index is -0.315. The predicted molar refractivity (Wildman–Crippen MR) is 84.9 cm³/mol. The minimum absolute atomic E-state index is 0.0224. The van der Waals surface area contributed by atoms with Crippen molar-refractivity contribution >= 4 is 11.9 Å². The quantitative estimate of drug-likeness (QED) is 0.692. The van der Waals surface area contributed by atoms with Gasteiger partial charge >= 0.3 is 5.97 Å². The monoisotopic (exact) mass is 307 g/mol. The Morgan fingerprint density at radius 1 is 1.18 bits per heavy atom. The molecule has 0 atom stereocenters. The van der Waals surface area contributed by atoms with Gasteiger partial charge in [0.2, 0.25) is 0 Å². The van der Waals surface area contributed by atoms with Crippen LogP contribution in [0.1, 0.15) is 30.9 Å². The Kier molecular flexibility index (Phi) is 7.43. The molecule has 0 unspecified atom stereocenters. The zero-order valence-corrected chi connectivity index (χ0v) is 13.8. The van der Waals surface area contributed by atoms with Crippen LogP contribution in [0.3, 0.4) is 0 Å². The summed E-state index contributed by atoms with van der Waals surface area (Å²) in [6.07, 6.45) is 1.03. The topological polar surface area (TPSA) is 55.8 Å². The molecule has 0 bridgehead atoms. The summed E-state index contributed by atoms with van der Waals surface area (Å²) in [4.78, 5) is 25.1. The van der Waals surface area contributed by atoms with Crippen LogP contribution in [0.15, 0.2) is 18.2 Å². The number of rotatable bonds is 8. The summed E-state index contributed by atoms with van der Waals surface area (Å²) in [5.74, 6) is 0.286. The van der Waals surface area contributed by atoms with E-state index in [1.807, 2.05) is 39.0 Å². The van der Waals surface area contributed by atoms with E-state index in [-0.39, 0.29) is 24.9 Å². The summed E-state index contributed by atoms with van der Waals surface area (Å²) in [5, 5.41) is 0. The number of ether oxygens (including phenoxy) is 2. The number of benzene rings is 1. The first kappa shape index (κ1) is 18.0. The molecule has 0 saturated carbocycles. The van der Waals surface area contributed by atoms with Crippen molar-refractivity contribution in [1.82, 2.24) is 4.90 Å². The summed E-state index contributed by atoms with van der Waals surface area (Å²) >= 11 is 0. The van der Waals surface area contributed by atoms with E-state index in [2.05, 4.69) is 4.74 Å². The lowest BCUT2D eigenvalue weighted by molar-refractivity contribution is -0.142. The Morgan fingerprint density at radius 3 is 2.55 bits per heavy atom. The number of nitrogens with zero attached hydrogens (tertiary/aromatic N) is 1. The molecule has 0 aliphatic carbocycles. The van der Waals surface area contributed by atoms with Crippen LogP contribution in [-0.2, 0) is 14.3 Å². The number of esters is 1. The normalized spacial score (nSPS) is 10.2. The predicted octanol–water partition coefficient (Wildman–Crippen LogP) is 2.48. The fourth-order valence-corrected chi connectivity index (χ4v) is 2.05. The van der Waals surface area contributed by atoms with E-state index in [1.54, 1.807) is 4.90 Å². The third-order valence-electron chi connectivity index (χ3n) is 3.35. The zero-order chi connectivity index (χ0) is 16.5. The zero-order valence-electron chi connectivity index (χ0n) is 13.8.